The molecule has 2 aromatic carbocycles. The maximum atomic E-state index is 9.50. The third kappa shape index (κ3) is 4.51. The topological polar surface area (TPSA) is 42.2 Å². The smallest absolute Gasteiger partial charge is 0.174 e. The predicted octanol–water partition coefficient (Wildman–Crippen LogP) is 5.46. The second kappa shape index (κ2) is 8.74. The summed E-state index contributed by atoms with van der Waals surface area (Å²) in [5.41, 5.74) is 3.61. The van der Waals surface area contributed by atoms with Crippen molar-refractivity contribution in [2.75, 3.05) is 13.7 Å². The van der Waals surface area contributed by atoms with E-state index < -0.39 is 0 Å². The van der Waals surface area contributed by atoms with E-state index in [1.807, 2.05) is 49.4 Å². The van der Waals surface area contributed by atoms with E-state index in [1.165, 1.54) is 5.56 Å². The fourth-order valence-electron chi connectivity index (χ4n) is 2.25. The van der Waals surface area contributed by atoms with Crippen LogP contribution in [-0.4, -0.2) is 13.7 Å². The summed E-state index contributed by atoms with van der Waals surface area (Å²) in [5, 5.41) is 9.50. The first kappa shape index (κ1) is 18.3. The molecule has 0 saturated carbocycles. The van der Waals surface area contributed by atoms with Crippen LogP contribution in [0.1, 0.15) is 30.0 Å². The van der Waals surface area contributed by atoms with Crippen molar-refractivity contribution in [1.82, 2.24) is 0 Å². The lowest BCUT2D eigenvalue weighted by atomic mass is 10.0. The molecule has 0 radical (unpaired) electrons. The van der Waals surface area contributed by atoms with Crippen molar-refractivity contribution in [3.8, 4) is 17.6 Å². The number of ether oxygens (including phenoxy) is 2. The number of nitrogens with zero attached hydrogens (tertiary/aromatic N) is 1. The summed E-state index contributed by atoms with van der Waals surface area (Å²) in [5.74, 6) is 1.44. The maximum Gasteiger partial charge on any atom is 0.174 e. The van der Waals surface area contributed by atoms with Crippen LogP contribution in [0.5, 0.6) is 11.5 Å². The van der Waals surface area contributed by atoms with Gasteiger partial charge >= 0.3 is 0 Å². The number of benzene rings is 2. The molecule has 4 heteroatoms. The van der Waals surface area contributed by atoms with Gasteiger partial charge in [0.05, 0.1) is 28.9 Å². The van der Waals surface area contributed by atoms with Gasteiger partial charge in [0, 0.05) is 0 Å². The fraction of sp³-hybridized carbons (Fsp3) is 0.250. The molecule has 0 fully saturated rings. The molecule has 0 aliphatic carbocycles. The lowest BCUT2D eigenvalue weighted by molar-refractivity contribution is 0.292. The molecular formula is C20H20INO2. The number of allylic oxidation sites excluding steroid dienone is 1. The van der Waals surface area contributed by atoms with E-state index in [4.69, 9.17) is 9.47 Å². The van der Waals surface area contributed by atoms with E-state index in [9.17, 15) is 5.26 Å². The highest BCUT2D eigenvalue weighted by atomic mass is 127. The van der Waals surface area contributed by atoms with Crippen LogP contribution < -0.4 is 9.47 Å². The highest BCUT2D eigenvalue weighted by Crippen LogP contribution is 2.35. The molecule has 0 aliphatic heterocycles. The Morgan fingerprint density at radius 3 is 2.54 bits per heavy atom. The van der Waals surface area contributed by atoms with Gasteiger partial charge in [0.15, 0.2) is 11.5 Å². The van der Waals surface area contributed by atoms with Gasteiger partial charge < -0.3 is 9.47 Å². The molecular weight excluding hydrogens is 413 g/mol. The van der Waals surface area contributed by atoms with Crippen LogP contribution in [0.3, 0.4) is 0 Å². The normalized spacial score (nSPS) is 11.0. The number of halogens is 1. The van der Waals surface area contributed by atoms with E-state index in [-0.39, 0.29) is 0 Å². The number of aryl methyl sites for hydroxylation is 1. The Morgan fingerprint density at radius 2 is 1.96 bits per heavy atom. The van der Waals surface area contributed by atoms with Crippen LogP contribution in [0.25, 0.3) is 11.6 Å². The van der Waals surface area contributed by atoms with Crippen LogP contribution >= 0.6 is 22.6 Å². The largest absolute Gasteiger partial charge is 0.493 e. The van der Waals surface area contributed by atoms with Gasteiger partial charge in [-0.1, -0.05) is 36.8 Å². The Kier molecular flexibility index (Phi) is 6.68. The third-order valence-corrected chi connectivity index (χ3v) is 4.30. The molecule has 0 saturated heterocycles. The first-order valence-electron chi connectivity index (χ1n) is 7.78. The molecule has 0 heterocycles. The lowest BCUT2D eigenvalue weighted by Gasteiger charge is -2.13. The Labute approximate surface area is 157 Å². The van der Waals surface area contributed by atoms with Crippen molar-refractivity contribution in [2.24, 2.45) is 0 Å². The zero-order valence-corrected chi connectivity index (χ0v) is 16.3. The van der Waals surface area contributed by atoms with Crippen LogP contribution in [0.2, 0.25) is 0 Å². The van der Waals surface area contributed by atoms with Crippen LogP contribution in [0.4, 0.5) is 0 Å². The average molecular weight is 433 g/mol. The van der Waals surface area contributed by atoms with Crippen LogP contribution in [-0.2, 0) is 0 Å². The van der Waals surface area contributed by atoms with Crippen LogP contribution in [0.15, 0.2) is 36.4 Å². The van der Waals surface area contributed by atoms with Gasteiger partial charge in [-0.15, -0.1) is 0 Å². The SMILES string of the molecule is CCCOc1c(I)cc(/C=C(\C#N)c2ccc(C)cc2)cc1OC. The molecule has 0 aromatic heterocycles. The standard InChI is InChI=1S/C20H20INO2/c1-4-9-24-20-18(21)11-15(12-19(20)23-3)10-17(13-22)16-7-5-14(2)6-8-16/h5-8,10-12H,4,9H2,1-3H3/b17-10+. The Bertz CT molecular complexity index is 773. The summed E-state index contributed by atoms with van der Waals surface area (Å²) < 4.78 is 12.2. The highest BCUT2D eigenvalue weighted by molar-refractivity contribution is 14.1. The summed E-state index contributed by atoms with van der Waals surface area (Å²) in [6.45, 7) is 4.74. The van der Waals surface area contributed by atoms with E-state index in [0.717, 1.165) is 26.9 Å². The zero-order chi connectivity index (χ0) is 17.5. The van der Waals surface area contributed by atoms with E-state index >= 15 is 0 Å². The molecule has 2 aromatic rings. The Balaban J connectivity index is 2.42. The van der Waals surface area contributed by atoms with Crippen molar-refractivity contribution in [2.45, 2.75) is 20.3 Å². The number of methoxy groups -OCH3 is 1. The van der Waals surface area contributed by atoms with Gasteiger partial charge in [-0.3, -0.25) is 0 Å². The molecule has 124 valence electrons. The quantitative estimate of drug-likeness (QED) is 0.345. The Hall–Kier alpha value is -2.00. The first-order valence-corrected chi connectivity index (χ1v) is 8.86. The van der Waals surface area contributed by atoms with Gasteiger partial charge in [-0.2, -0.15) is 5.26 Å². The van der Waals surface area contributed by atoms with Crippen molar-refractivity contribution in [3.63, 3.8) is 0 Å². The fourth-order valence-corrected chi connectivity index (χ4v) is 3.03. The average Bonchev–Trinajstić information content (AvgIpc) is 2.59. The third-order valence-electron chi connectivity index (χ3n) is 3.50. The van der Waals surface area contributed by atoms with Gasteiger partial charge in [0.1, 0.15) is 0 Å². The lowest BCUT2D eigenvalue weighted by Crippen LogP contribution is -2.00. The van der Waals surface area contributed by atoms with Crippen molar-refractivity contribution < 1.29 is 9.47 Å². The summed E-state index contributed by atoms with van der Waals surface area (Å²) in [6.07, 6.45) is 2.81. The summed E-state index contributed by atoms with van der Waals surface area (Å²) in [6, 6.07) is 14.1. The van der Waals surface area contributed by atoms with Gasteiger partial charge in [-0.25, -0.2) is 0 Å². The number of hydrogen-bond acceptors (Lipinski definition) is 3. The van der Waals surface area contributed by atoms with E-state index in [2.05, 4.69) is 35.6 Å². The molecule has 0 aliphatic rings. The van der Waals surface area contributed by atoms with Crippen molar-refractivity contribution in [3.05, 3.63) is 56.7 Å². The van der Waals surface area contributed by atoms with E-state index in [1.54, 1.807) is 7.11 Å². The monoisotopic (exact) mass is 433 g/mol. The summed E-state index contributed by atoms with van der Waals surface area (Å²) in [4.78, 5) is 0. The van der Waals surface area contributed by atoms with Crippen molar-refractivity contribution in [1.29, 1.82) is 5.26 Å². The van der Waals surface area contributed by atoms with Gasteiger partial charge in [0.25, 0.3) is 0 Å². The van der Waals surface area contributed by atoms with Gasteiger partial charge in [-0.05, 0) is 65.3 Å². The first-order chi connectivity index (χ1) is 11.6. The second-order valence-electron chi connectivity index (χ2n) is 5.42. The molecule has 0 N–H and O–H groups in total. The molecule has 0 spiro atoms. The maximum absolute atomic E-state index is 9.50. The molecule has 24 heavy (non-hydrogen) atoms. The highest BCUT2D eigenvalue weighted by Gasteiger charge is 2.11. The molecule has 2 rings (SSSR count). The van der Waals surface area contributed by atoms with Crippen molar-refractivity contribution >= 4 is 34.2 Å². The van der Waals surface area contributed by atoms with Crippen LogP contribution in [0, 0.1) is 21.8 Å². The minimum absolute atomic E-state index is 0.620. The molecule has 0 atom stereocenters. The molecule has 3 nitrogen and oxygen atoms in total. The predicted molar refractivity (Wildman–Crippen MR) is 106 cm³/mol. The second-order valence-corrected chi connectivity index (χ2v) is 6.58. The molecule has 0 bridgehead atoms. The molecule has 0 unspecified atom stereocenters. The minimum atomic E-state index is 0.620. The minimum Gasteiger partial charge on any atom is -0.493 e. The summed E-state index contributed by atoms with van der Waals surface area (Å²) in [7, 11) is 1.63. The zero-order valence-electron chi connectivity index (χ0n) is 14.1. The number of rotatable bonds is 6. The van der Waals surface area contributed by atoms with Gasteiger partial charge in [0.2, 0.25) is 0 Å². The Morgan fingerprint density at radius 1 is 1.25 bits per heavy atom. The summed E-state index contributed by atoms with van der Waals surface area (Å²) >= 11 is 2.24. The van der Waals surface area contributed by atoms with E-state index in [0.29, 0.717) is 17.9 Å². The number of hydrogen-bond donors (Lipinski definition) is 0. The number of nitriles is 1. The molecule has 0 amide bonds.